The van der Waals surface area contributed by atoms with Gasteiger partial charge in [0.2, 0.25) is 0 Å². The highest BCUT2D eigenvalue weighted by atomic mass is 16.7. The van der Waals surface area contributed by atoms with Crippen molar-refractivity contribution < 1.29 is 72.1 Å². The molecule has 5 aliphatic rings. The molecule has 2 heterocycles. The van der Waals surface area contributed by atoms with Gasteiger partial charge in [-0.2, -0.15) is 0 Å². The Morgan fingerprint density at radius 2 is 1.65 bits per heavy atom. The van der Waals surface area contributed by atoms with E-state index in [-0.39, 0.29) is 30.9 Å². The first-order valence-corrected chi connectivity index (χ1v) is 21.3. The lowest BCUT2D eigenvalue weighted by molar-refractivity contribution is -0.405. The van der Waals surface area contributed by atoms with E-state index in [1.807, 2.05) is 20.8 Å². The normalized spacial score (nSPS) is 35.5. The number of aliphatic hydroxyl groups excluding tert-OH is 1. The van der Waals surface area contributed by atoms with Crippen LogP contribution in [0.5, 0.6) is 0 Å². The van der Waals surface area contributed by atoms with Gasteiger partial charge >= 0.3 is 30.0 Å². The number of carbonyl (C=O) groups excluding carboxylic acids is 5. The van der Waals surface area contributed by atoms with Crippen molar-refractivity contribution in [2.45, 2.75) is 167 Å². The summed E-state index contributed by atoms with van der Waals surface area (Å²) in [5, 5.41) is 28.1. The molecular formula is C46H63NO15. The SMILES string of the molecule is C=CC1O[C@H]2C[C@H]3OC[C@@]3(OC(C)=O)[C@H]3[C@H](OC(=O)c4ccccc4)[C@]4(O)C[C@H](OC(=O)[C@H](O)[C@H](CC(C)C)NC(=O)OC(C)(C)C)C(C)=C([C@H](OC(C)=O)[C@H](O1)[C@]23C)C4(C)C. The van der Waals surface area contributed by atoms with E-state index in [1.54, 1.807) is 71.9 Å². The predicted molar refractivity (Wildman–Crippen MR) is 220 cm³/mol. The molecule has 1 aromatic rings. The molecule has 0 radical (unpaired) electrons. The van der Waals surface area contributed by atoms with Crippen LogP contribution < -0.4 is 5.32 Å². The average Bonchev–Trinajstić information content (AvgIpc) is 3.15. The molecule has 16 heteroatoms. The fourth-order valence-corrected chi connectivity index (χ4v) is 10.7. The van der Waals surface area contributed by atoms with Gasteiger partial charge in [-0.05, 0) is 69.4 Å². The molecule has 62 heavy (non-hydrogen) atoms. The van der Waals surface area contributed by atoms with Crippen molar-refractivity contribution in [2.24, 2.45) is 22.7 Å². The molecule has 2 saturated carbocycles. The zero-order chi connectivity index (χ0) is 45.9. The van der Waals surface area contributed by atoms with E-state index in [4.69, 9.17) is 37.9 Å². The van der Waals surface area contributed by atoms with E-state index >= 15 is 0 Å². The largest absolute Gasteiger partial charge is 0.456 e. The van der Waals surface area contributed by atoms with Crippen LogP contribution in [0.4, 0.5) is 4.79 Å². The van der Waals surface area contributed by atoms with Gasteiger partial charge in [-0.25, -0.2) is 14.4 Å². The fourth-order valence-electron chi connectivity index (χ4n) is 10.7. The van der Waals surface area contributed by atoms with Gasteiger partial charge in [-0.3, -0.25) is 9.59 Å². The van der Waals surface area contributed by atoms with Crippen LogP contribution in [-0.2, 0) is 52.3 Å². The summed E-state index contributed by atoms with van der Waals surface area (Å²) in [7, 11) is 0. The first-order chi connectivity index (χ1) is 28.8. The molecule has 3 N–H and O–H groups in total. The Kier molecular flexibility index (Phi) is 12.9. The van der Waals surface area contributed by atoms with Gasteiger partial charge in [0.25, 0.3) is 0 Å². The molecule has 4 fully saturated rings. The molecule has 13 atom stereocenters. The molecule has 2 saturated heterocycles. The molecule has 1 amide bonds. The van der Waals surface area contributed by atoms with E-state index in [0.717, 1.165) is 0 Å². The summed E-state index contributed by atoms with van der Waals surface area (Å²) in [6.45, 7) is 21.9. The molecule has 2 aliphatic heterocycles. The smallest absolute Gasteiger partial charge is 0.407 e. The van der Waals surface area contributed by atoms with Crippen LogP contribution in [-0.4, -0.2) is 119 Å². The molecular weight excluding hydrogens is 806 g/mol. The number of aliphatic hydroxyl groups is 2. The van der Waals surface area contributed by atoms with Gasteiger partial charge in [0, 0.05) is 37.5 Å². The number of carbonyl (C=O) groups is 5. The minimum atomic E-state index is -2.23. The van der Waals surface area contributed by atoms with Gasteiger partial charge < -0.3 is 53.4 Å². The Labute approximate surface area is 362 Å². The van der Waals surface area contributed by atoms with Crippen molar-refractivity contribution in [2.75, 3.05) is 6.61 Å². The molecule has 0 spiro atoms. The lowest BCUT2D eigenvalue weighted by Gasteiger charge is -2.71. The van der Waals surface area contributed by atoms with Crippen molar-refractivity contribution >= 4 is 30.0 Å². The Morgan fingerprint density at radius 3 is 2.19 bits per heavy atom. The third-order valence-corrected chi connectivity index (χ3v) is 13.4. The standard InChI is InChI=1S/C46H63NO15/c1-13-32-58-30-20-31-45(22-55-31,61-26(6)49)36-38(60-39(51)27-17-15-14-16-18-27)46(54)21-29(57-40(52)34(50)28(19-23(2)3)47-41(53)62-42(7,8)9)24(4)33(43(46,10)11)35(56-25(5)48)37(59-32)44(30,36)12/h13-18,23,28-32,34-38,50,54H,1,19-22H2,2-12H3,(H,47,53)/t28-,29-,30-,31+,32?,34+,35-,36-,37-,38-,44+,45-,46+/m0/s1. The second kappa shape index (κ2) is 17.0. The van der Waals surface area contributed by atoms with E-state index in [0.29, 0.717) is 11.1 Å². The summed E-state index contributed by atoms with van der Waals surface area (Å²) in [6.07, 6.45) is -9.36. The van der Waals surface area contributed by atoms with E-state index in [2.05, 4.69) is 11.9 Å². The van der Waals surface area contributed by atoms with Crippen molar-refractivity contribution in [1.82, 2.24) is 5.32 Å². The fraction of sp³-hybridized carbons (Fsp3) is 0.674. The Morgan fingerprint density at radius 1 is 0.984 bits per heavy atom. The molecule has 6 rings (SSSR count). The topological polar surface area (TPSA) is 212 Å². The van der Waals surface area contributed by atoms with E-state index in [9.17, 15) is 34.2 Å². The summed E-state index contributed by atoms with van der Waals surface area (Å²) in [5.74, 6) is -4.57. The van der Waals surface area contributed by atoms with Crippen LogP contribution in [0.2, 0.25) is 0 Å². The third-order valence-electron chi connectivity index (χ3n) is 13.4. The zero-order valence-corrected chi connectivity index (χ0v) is 37.6. The summed E-state index contributed by atoms with van der Waals surface area (Å²) in [6, 6.07) is 7.04. The molecule has 3 aliphatic carbocycles. The maximum atomic E-state index is 14.4. The van der Waals surface area contributed by atoms with Gasteiger partial charge in [0.05, 0.1) is 30.2 Å². The number of ether oxygens (including phenoxy) is 8. The number of fused-ring (bicyclic) bond motifs is 4. The first-order valence-electron chi connectivity index (χ1n) is 21.3. The average molecular weight is 870 g/mol. The van der Waals surface area contributed by atoms with Gasteiger partial charge in [-0.1, -0.05) is 59.4 Å². The number of amides is 1. The summed E-state index contributed by atoms with van der Waals surface area (Å²) >= 11 is 0. The minimum Gasteiger partial charge on any atom is -0.456 e. The Bertz CT molecular complexity index is 1960. The van der Waals surface area contributed by atoms with Crippen LogP contribution >= 0.6 is 0 Å². The maximum absolute atomic E-state index is 14.4. The number of rotatable bonds is 11. The summed E-state index contributed by atoms with van der Waals surface area (Å²) < 4.78 is 50.2. The highest BCUT2D eigenvalue weighted by molar-refractivity contribution is 5.89. The molecule has 2 bridgehead atoms. The lowest BCUT2D eigenvalue weighted by Crippen LogP contribution is -2.83. The lowest BCUT2D eigenvalue weighted by atomic mass is 9.44. The van der Waals surface area contributed by atoms with Crippen LogP contribution in [0.15, 0.2) is 54.1 Å². The van der Waals surface area contributed by atoms with Crippen LogP contribution in [0, 0.1) is 22.7 Å². The van der Waals surface area contributed by atoms with Crippen LogP contribution in [0.1, 0.15) is 106 Å². The van der Waals surface area contributed by atoms with Gasteiger partial charge in [-0.15, -0.1) is 0 Å². The van der Waals surface area contributed by atoms with Crippen molar-refractivity contribution in [3.05, 3.63) is 59.7 Å². The number of nitrogens with one attached hydrogen (secondary N) is 1. The molecule has 1 aromatic carbocycles. The zero-order valence-electron chi connectivity index (χ0n) is 37.6. The number of alkyl carbamates (subject to hydrolysis) is 1. The number of hydrogen-bond donors (Lipinski definition) is 3. The quantitative estimate of drug-likeness (QED) is 0.154. The third kappa shape index (κ3) is 8.28. The molecule has 16 nitrogen and oxygen atoms in total. The predicted octanol–water partition coefficient (Wildman–Crippen LogP) is 4.87. The monoisotopic (exact) mass is 869 g/mol. The van der Waals surface area contributed by atoms with Crippen LogP contribution in [0.25, 0.3) is 0 Å². The van der Waals surface area contributed by atoms with E-state index in [1.165, 1.54) is 19.9 Å². The van der Waals surface area contributed by atoms with Crippen LogP contribution in [0.3, 0.4) is 0 Å². The second-order valence-electron chi connectivity index (χ2n) is 19.5. The summed E-state index contributed by atoms with van der Waals surface area (Å²) in [4.78, 5) is 68.1. The first kappa shape index (κ1) is 47.1. The molecule has 1 unspecified atom stereocenters. The highest BCUT2D eigenvalue weighted by Crippen LogP contribution is 2.67. The number of benzene rings is 1. The van der Waals surface area contributed by atoms with Crippen molar-refractivity contribution in [3.63, 3.8) is 0 Å². The Hall–Kier alpha value is -4.35. The molecule has 0 aromatic heterocycles. The number of hydrogen-bond acceptors (Lipinski definition) is 15. The minimum absolute atomic E-state index is 0.0926. The van der Waals surface area contributed by atoms with Gasteiger partial charge in [0.1, 0.15) is 35.6 Å². The van der Waals surface area contributed by atoms with Crippen molar-refractivity contribution in [3.8, 4) is 0 Å². The highest BCUT2D eigenvalue weighted by Gasteiger charge is 2.79. The number of esters is 4. The van der Waals surface area contributed by atoms with Gasteiger partial charge in [0.15, 0.2) is 24.1 Å². The Balaban J connectivity index is 1.57. The molecule has 342 valence electrons. The second-order valence-corrected chi connectivity index (χ2v) is 19.5. The van der Waals surface area contributed by atoms with E-state index < -0.39 is 125 Å². The van der Waals surface area contributed by atoms with Crippen molar-refractivity contribution in [1.29, 1.82) is 0 Å². The summed E-state index contributed by atoms with van der Waals surface area (Å²) in [5.41, 5.74) is -6.65. The maximum Gasteiger partial charge on any atom is 0.407 e.